The molecule has 114 valence electrons. The maximum absolute atomic E-state index is 4.64. The van der Waals surface area contributed by atoms with Crippen LogP contribution in [0.1, 0.15) is 11.1 Å². The Bertz CT molecular complexity index is 1130. The zero-order valence-corrected chi connectivity index (χ0v) is 13.0. The number of hydrogen-bond donors (Lipinski definition) is 2. The molecule has 0 bridgehead atoms. The smallest absolute Gasteiger partial charge is 0.0913 e. The van der Waals surface area contributed by atoms with Gasteiger partial charge in [-0.15, -0.1) is 0 Å². The number of H-pyrrole nitrogens is 1. The Labute approximate surface area is 139 Å². The number of para-hydroxylation sites is 2. The summed E-state index contributed by atoms with van der Waals surface area (Å²) >= 11 is 0. The van der Waals surface area contributed by atoms with Gasteiger partial charge in [-0.25, -0.2) is 0 Å². The highest BCUT2D eigenvalue weighted by Gasteiger charge is 2.13. The van der Waals surface area contributed by atoms with Crippen molar-refractivity contribution >= 4 is 39.3 Å². The van der Waals surface area contributed by atoms with Crippen molar-refractivity contribution in [3.05, 3.63) is 83.9 Å². The van der Waals surface area contributed by atoms with Crippen molar-refractivity contribution in [2.75, 3.05) is 5.43 Å². The van der Waals surface area contributed by atoms with Crippen LogP contribution in [0.15, 0.2) is 77.9 Å². The molecule has 0 radical (unpaired) electrons. The summed E-state index contributed by atoms with van der Waals surface area (Å²) in [6.07, 6.45) is 4.19. The summed E-state index contributed by atoms with van der Waals surface area (Å²) in [6, 6.07) is 22.9. The van der Waals surface area contributed by atoms with Crippen LogP contribution in [0.5, 0.6) is 0 Å². The number of aromatic nitrogens is 1. The monoisotopic (exact) mass is 309 g/mol. The number of hydrogen-bond acceptors (Lipinski definition) is 2. The lowest BCUT2D eigenvalue weighted by Crippen LogP contribution is -2.00. The molecule has 24 heavy (non-hydrogen) atoms. The average molecular weight is 309 g/mol. The molecule has 3 heteroatoms. The van der Waals surface area contributed by atoms with Crippen molar-refractivity contribution in [1.29, 1.82) is 0 Å². The molecule has 0 unspecified atom stereocenters. The van der Waals surface area contributed by atoms with Crippen molar-refractivity contribution in [2.45, 2.75) is 0 Å². The van der Waals surface area contributed by atoms with Crippen LogP contribution in [0, 0.1) is 0 Å². The normalized spacial score (nSPS) is 13.4. The van der Waals surface area contributed by atoms with Gasteiger partial charge < -0.3 is 4.98 Å². The minimum absolute atomic E-state index is 0.932. The van der Waals surface area contributed by atoms with E-state index in [0.29, 0.717) is 0 Å². The fourth-order valence-electron chi connectivity index (χ4n) is 3.34. The minimum Gasteiger partial charge on any atom is -0.354 e. The average Bonchev–Trinajstić information content (AvgIpc) is 2.87. The SMILES string of the molecule is C1=Cc2ccccc2NN=C1c1cccc2[nH]c3ccccc3c12. The Morgan fingerprint density at radius 3 is 2.54 bits per heavy atom. The quantitative estimate of drug-likeness (QED) is 0.500. The van der Waals surface area contributed by atoms with Crippen LogP contribution in [0.3, 0.4) is 0 Å². The first-order valence-electron chi connectivity index (χ1n) is 8.01. The van der Waals surface area contributed by atoms with Gasteiger partial charge in [0.1, 0.15) is 0 Å². The number of fused-ring (bicyclic) bond motifs is 4. The van der Waals surface area contributed by atoms with Crippen molar-refractivity contribution in [3.8, 4) is 0 Å². The molecule has 0 fully saturated rings. The Balaban J connectivity index is 1.74. The van der Waals surface area contributed by atoms with Crippen molar-refractivity contribution in [3.63, 3.8) is 0 Å². The van der Waals surface area contributed by atoms with E-state index in [9.17, 15) is 0 Å². The second-order valence-electron chi connectivity index (χ2n) is 5.93. The van der Waals surface area contributed by atoms with E-state index in [1.165, 1.54) is 10.8 Å². The van der Waals surface area contributed by atoms with Crippen LogP contribution in [0.4, 0.5) is 5.69 Å². The predicted molar refractivity (Wildman–Crippen MR) is 101 cm³/mol. The van der Waals surface area contributed by atoms with Crippen LogP contribution in [-0.4, -0.2) is 10.7 Å². The number of nitrogens with zero attached hydrogens (tertiary/aromatic N) is 1. The molecule has 3 aromatic carbocycles. The third kappa shape index (κ3) is 1.95. The summed E-state index contributed by atoms with van der Waals surface area (Å²) in [5.74, 6) is 0. The second kappa shape index (κ2) is 5.10. The Morgan fingerprint density at radius 1 is 0.708 bits per heavy atom. The van der Waals surface area contributed by atoms with Gasteiger partial charge in [0.15, 0.2) is 0 Å². The standard InChI is InChI=1S/C21H15N3/c1-3-9-17-14(6-1)12-13-19(24-23-17)16-8-5-11-20-21(16)15-7-2-4-10-18(15)22-20/h1-13,22-23H. The van der Waals surface area contributed by atoms with E-state index in [4.69, 9.17) is 0 Å². The summed E-state index contributed by atoms with van der Waals surface area (Å²) < 4.78 is 0. The van der Waals surface area contributed by atoms with E-state index in [1.54, 1.807) is 0 Å². The first kappa shape index (κ1) is 13.1. The zero-order valence-electron chi connectivity index (χ0n) is 13.0. The summed E-state index contributed by atoms with van der Waals surface area (Å²) in [7, 11) is 0. The Kier molecular flexibility index (Phi) is 2.79. The molecule has 4 aromatic rings. The lowest BCUT2D eigenvalue weighted by Gasteiger charge is -2.05. The van der Waals surface area contributed by atoms with Crippen LogP contribution >= 0.6 is 0 Å². The number of nitrogens with one attached hydrogen (secondary N) is 2. The van der Waals surface area contributed by atoms with E-state index in [1.807, 2.05) is 18.2 Å². The maximum Gasteiger partial charge on any atom is 0.0913 e. The summed E-state index contributed by atoms with van der Waals surface area (Å²) in [4.78, 5) is 3.49. The number of allylic oxidation sites excluding steroid dienone is 1. The number of hydrazone groups is 1. The first-order valence-corrected chi connectivity index (χ1v) is 8.01. The second-order valence-corrected chi connectivity index (χ2v) is 5.93. The molecule has 0 spiro atoms. The summed E-state index contributed by atoms with van der Waals surface area (Å²) in [5.41, 5.74) is 9.70. The molecule has 5 rings (SSSR count). The van der Waals surface area contributed by atoms with Crippen molar-refractivity contribution in [2.24, 2.45) is 5.10 Å². The first-order chi connectivity index (χ1) is 11.9. The van der Waals surface area contributed by atoms with Crippen LogP contribution in [-0.2, 0) is 0 Å². The van der Waals surface area contributed by atoms with Crippen LogP contribution in [0.25, 0.3) is 27.9 Å². The van der Waals surface area contributed by atoms with Gasteiger partial charge in [-0.3, -0.25) is 5.43 Å². The molecule has 1 aliphatic heterocycles. The van der Waals surface area contributed by atoms with Gasteiger partial charge in [0.2, 0.25) is 0 Å². The van der Waals surface area contributed by atoms with Gasteiger partial charge in [0, 0.05) is 27.4 Å². The molecule has 0 saturated heterocycles. The van der Waals surface area contributed by atoms with E-state index in [2.05, 4.69) is 76.2 Å². The van der Waals surface area contributed by atoms with E-state index in [0.717, 1.165) is 33.6 Å². The molecular weight excluding hydrogens is 294 g/mol. The van der Waals surface area contributed by atoms with Gasteiger partial charge in [-0.05, 0) is 29.8 Å². The molecule has 0 atom stereocenters. The lowest BCUT2D eigenvalue weighted by molar-refractivity contribution is 1.34. The van der Waals surface area contributed by atoms with Crippen molar-refractivity contribution < 1.29 is 0 Å². The van der Waals surface area contributed by atoms with Gasteiger partial charge in [0.25, 0.3) is 0 Å². The highest BCUT2D eigenvalue weighted by atomic mass is 15.3. The van der Waals surface area contributed by atoms with E-state index in [-0.39, 0.29) is 0 Å². The molecule has 1 aromatic heterocycles. The van der Waals surface area contributed by atoms with Gasteiger partial charge in [0.05, 0.1) is 11.4 Å². The maximum atomic E-state index is 4.64. The van der Waals surface area contributed by atoms with Crippen molar-refractivity contribution in [1.82, 2.24) is 4.98 Å². The largest absolute Gasteiger partial charge is 0.354 e. The Hall–Kier alpha value is -3.33. The number of benzene rings is 3. The molecule has 0 amide bonds. The third-order valence-corrected chi connectivity index (χ3v) is 4.48. The molecule has 2 heterocycles. The summed E-state index contributed by atoms with van der Waals surface area (Å²) in [6.45, 7) is 0. The molecule has 0 saturated carbocycles. The summed E-state index contributed by atoms with van der Waals surface area (Å²) in [5, 5.41) is 7.07. The highest BCUT2D eigenvalue weighted by molar-refractivity contribution is 6.23. The minimum atomic E-state index is 0.932. The zero-order chi connectivity index (χ0) is 15.9. The van der Waals surface area contributed by atoms with Gasteiger partial charge >= 0.3 is 0 Å². The lowest BCUT2D eigenvalue weighted by atomic mass is 10.0. The number of aromatic amines is 1. The fourth-order valence-corrected chi connectivity index (χ4v) is 3.34. The van der Waals surface area contributed by atoms with Gasteiger partial charge in [-0.2, -0.15) is 5.10 Å². The third-order valence-electron chi connectivity index (χ3n) is 4.48. The molecule has 0 aliphatic carbocycles. The predicted octanol–water partition coefficient (Wildman–Crippen LogP) is 5.16. The molecule has 3 nitrogen and oxygen atoms in total. The van der Waals surface area contributed by atoms with E-state index >= 15 is 0 Å². The highest BCUT2D eigenvalue weighted by Crippen LogP contribution is 2.30. The fraction of sp³-hybridized carbons (Fsp3) is 0. The molecule has 2 N–H and O–H groups in total. The van der Waals surface area contributed by atoms with Crippen LogP contribution < -0.4 is 5.43 Å². The van der Waals surface area contributed by atoms with E-state index < -0.39 is 0 Å². The van der Waals surface area contributed by atoms with Crippen LogP contribution in [0.2, 0.25) is 0 Å². The van der Waals surface area contributed by atoms with Gasteiger partial charge in [-0.1, -0.05) is 54.6 Å². The topological polar surface area (TPSA) is 40.2 Å². The number of rotatable bonds is 1. The molecular formula is C21H15N3. The number of anilines is 1. The Morgan fingerprint density at radius 2 is 1.54 bits per heavy atom. The molecule has 1 aliphatic rings.